The molecule has 0 radical (unpaired) electrons. The van der Waals surface area contributed by atoms with Crippen molar-refractivity contribution in [2.75, 3.05) is 16.1 Å². The van der Waals surface area contributed by atoms with Crippen molar-refractivity contribution < 1.29 is 21.6 Å². The zero-order valence-corrected chi connectivity index (χ0v) is 18.3. The van der Waals surface area contributed by atoms with E-state index in [9.17, 15) is 16.8 Å². The van der Waals surface area contributed by atoms with Crippen molar-refractivity contribution in [3.8, 4) is 5.75 Å². The van der Waals surface area contributed by atoms with Crippen molar-refractivity contribution in [1.82, 2.24) is 0 Å². The standard InChI is InChI=1S/C20H19ClN2O5S2/c1-2-28-18-9-11-19(12-10-18)29(24,25)23-17-7-4-8-20(14-17)30(26,27)22-16-6-3-5-15(21)13-16/h3-14,22-23H,2H2,1H3. The number of ether oxygens (including phenoxy) is 1. The number of hydrogen-bond donors (Lipinski definition) is 2. The smallest absolute Gasteiger partial charge is 0.261 e. The molecule has 0 saturated heterocycles. The van der Waals surface area contributed by atoms with Gasteiger partial charge in [0.2, 0.25) is 0 Å². The van der Waals surface area contributed by atoms with E-state index in [2.05, 4.69) is 9.44 Å². The average molecular weight is 467 g/mol. The van der Waals surface area contributed by atoms with Crippen LogP contribution in [0.4, 0.5) is 11.4 Å². The summed E-state index contributed by atoms with van der Waals surface area (Å²) in [6.45, 7) is 2.29. The van der Waals surface area contributed by atoms with E-state index < -0.39 is 20.0 Å². The number of sulfonamides is 2. The lowest BCUT2D eigenvalue weighted by Crippen LogP contribution is -2.15. The highest BCUT2D eigenvalue weighted by Crippen LogP contribution is 2.24. The second-order valence-corrected chi connectivity index (χ2v) is 9.95. The van der Waals surface area contributed by atoms with E-state index in [0.717, 1.165) is 0 Å². The Kier molecular flexibility index (Phi) is 6.55. The van der Waals surface area contributed by atoms with Gasteiger partial charge in [-0.15, -0.1) is 0 Å². The summed E-state index contributed by atoms with van der Waals surface area (Å²) in [6, 6.07) is 17.7. The van der Waals surface area contributed by atoms with Crippen LogP contribution in [0, 0.1) is 0 Å². The van der Waals surface area contributed by atoms with Crippen LogP contribution in [0.15, 0.2) is 82.6 Å². The van der Waals surface area contributed by atoms with Crippen LogP contribution in [0.2, 0.25) is 5.02 Å². The highest BCUT2D eigenvalue weighted by atomic mass is 35.5. The first kappa shape index (κ1) is 21.9. The third-order valence-corrected chi connectivity index (χ3v) is 6.93. The lowest BCUT2D eigenvalue weighted by atomic mass is 10.3. The van der Waals surface area contributed by atoms with Crippen molar-refractivity contribution in [2.24, 2.45) is 0 Å². The first-order chi connectivity index (χ1) is 14.2. The predicted molar refractivity (Wildman–Crippen MR) is 117 cm³/mol. The maximum absolute atomic E-state index is 12.7. The van der Waals surface area contributed by atoms with Crippen LogP contribution >= 0.6 is 11.6 Å². The molecule has 0 aliphatic carbocycles. The van der Waals surface area contributed by atoms with Crippen LogP contribution in [0.5, 0.6) is 5.75 Å². The fourth-order valence-corrected chi connectivity index (χ4v) is 4.92. The molecule has 158 valence electrons. The van der Waals surface area contributed by atoms with E-state index in [1.54, 1.807) is 30.3 Å². The number of rotatable bonds is 8. The molecular weight excluding hydrogens is 448 g/mol. The summed E-state index contributed by atoms with van der Waals surface area (Å²) in [5.74, 6) is 0.552. The third kappa shape index (κ3) is 5.44. The van der Waals surface area contributed by atoms with Crippen LogP contribution in [0.1, 0.15) is 6.92 Å². The molecule has 0 aliphatic rings. The van der Waals surface area contributed by atoms with Gasteiger partial charge in [0.25, 0.3) is 20.0 Å². The lowest BCUT2D eigenvalue weighted by molar-refractivity contribution is 0.340. The van der Waals surface area contributed by atoms with E-state index in [4.69, 9.17) is 16.3 Å². The third-order valence-electron chi connectivity index (χ3n) is 3.92. The van der Waals surface area contributed by atoms with Crippen LogP contribution in [0.25, 0.3) is 0 Å². The summed E-state index contributed by atoms with van der Waals surface area (Å²) in [5, 5.41) is 0.382. The number of nitrogens with one attached hydrogen (secondary N) is 2. The fourth-order valence-electron chi connectivity index (χ4n) is 2.59. The molecule has 30 heavy (non-hydrogen) atoms. The molecule has 0 spiro atoms. The van der Waals surface area contributed by atoms with E-state index in [-0.39, 0.29) is 15.5 Å². The molecule has 3 rings (SSSR count). The quantitative estimate of drug-likeness (QED) is 0.514. The zero-order chi connectivity index (χ0) is 21.8. The van der Waals surface area contributed by atoms with Crippen LogP contribution in [0.3, 0.4) is 0 Å². The van der Waals surface area contributed by atoms with Gasteiger partial charge < -0.3 is 4.74 Å². The second kappa shape index (κ2) is 8.95. The van der Waals surface area contributed by atoms with Crippen molar-refractivity contribution in [1.29, 1.82) is 0 Å². The van der Waals surface area contributed by atoms with Crippen LogP contribution in [-0.2, 0) is 20.0 Å². The fraction of sp³-hybridized carbons (Fsp3) is 0.100. The van der Waals surface area contributed by atoms with E-state index >= 15 is 0 Å². The van der Waals surface area contributed by atoms with Crippen molar-refractivity contribution in [3.63, 3.8) is 0 Å². The molecule has 0 fully saturated rings. The Hall–Kier alpha value is -2.75. The maximum atomic E-state index is 12.7. The topological polar surface area (TPSA) is 102 Å². The highest BCUT2D eigenvalue weighted by molar-refractivity contribution is 7.93. The normalized spacial score (nSPS) is 11.7. The average Bonchev–Trinajstić information content (AvgIpc) is 2.68. The second-order valence-electron chi connectivity index (χ2n) is 6.15. The number of hydrogen-bond acceptors (Lipinski definition) is 5. The van der Waals surface area contributed by atoms with Crippen LogP contribution < -0.4 is 14.2 Å². The minimum atomic E-state index is -3.94. The molecule has 0 atom stereocenters. The van der Waals surface area contributed by atoms with E-state index in [1.807, 2.05) is 6.92 Å². The van der Waals surface area contributed by atoms with Crippen molar-refractivity contribution >= 4 is 43.0 Å². The molecule has 10 heteroatoms. The first-order valence-corrected chi connectivity index (χ1v) is 12.2. The molecule has 0 bridgehead atoms. The van der Waals surface area contributed by atoms with Gasteiger partial charge in [-0.1, -0.05) is 23.7 Å². The van der Waals surface area contributed by atoms with E-state index in [0.29, 0.717) is 23.1 Å². The maximum Gasteiger partial charge on any atom is 0.261 e. The van der Waals surface area contributed by atoms with Gasteiger partial charge in [-0.2, -0.15) is 0 Å². The number of anilines is 2. The molecule has 3 aromatic carbocycles. The Balaban J connectivity index is 1.82. The highest BCUT2D eigenvalue weighted by Gasteiger charge is 2.18. The van der Waals surface area contributed by atoms with Crippen LogP contribution in [-0.4, -0.2) is 23.4 Å². The Labute approximate surface area is 180 Å². The van der Waals surface area contributed by atoms with Crippen molar-refractivity contribution in [3.05, 3.63) is 77.8 Å². The SMILES string of the molecule is CCOc1ccc(S(=O)(=O)Nc2cccc(S(=O)(=O)Nc3cccc(Cl)c3)c2)cc1. The van der Waals surface area contributed by atoms with Gasteiger partial charge in [0, 0.05) is 5.02 Å². The van der Waals surface area contributed by atoms with Crippen molar-refractivity contribution in [2.45, 2.75) is 16.7 Å². The Morgan fingerprint density at radius 3 is 1.93 bits per heavy atom. The largest absolute Gasteiger partial charge is 0.494 e. The molecule has 0 saturated carbocycles. The van der Waals surface area contributed by atoms with E-state index in [1.165, 1.54) is 42.5 Å². The number of halogens is 1. The summed E-state index contributed by atoms with van der Waals surface area (Å²) in [7, 11) is -7.85. The molecule has 7 nitrogen and oxygen atoms in total. The molecule has 0 amide bonds. The first-order valence-electron chi connectivity index (χ1n) is 8.84. The van der Waals surface area contributed by atoms with Gasteiger partial charge in [-0.3, -0.25) is 9.44 Å². The Morgan fingerprint density at radius 2 is 1.33 bits per heavy atom. The molecular formula is C20H19ClN2O5S2. The van der Waals surface area contributed by atoms with Gasteiger partial charge in [0.05, 0.1) is 27.8 Å². The molecule has 3 aromatic rings. The summed E-state index contributed by atoms with van der Waals surface area (Å²) in [6.07, 6.45) is 0. The Morgan fingerprint density at radius 1 is 0.767 bits per heavy atom. The summed E-state index contributed by atoms with van der Waals surface area (Å²) >= 11 is 5.88. The Bertz CT molecular complexity index is 1240. The molecule has 0 aliphatic heterocycles. The minimum Gasteiger partial charge on any atom is -0.494 e. The summed E-state index contributed by atoms with van der Waals surface area (Å²) in [5.41, 5.74) is 0.403. The predicted octanol–water partition coefficient (Wildman–Crippen LogP) is 4.34. The summed E-state index contributed by atoms with van der Waals surface area (Å²) in [4.78, 5) is -0.0781. The van der Waals surface area contributed by atoms with Gasteiger partial charge >= 0.3 is 0 Å². The number of benzene rings is 3. The van der Waals surface area contributed by atoms with Gasteiger partial charge in [0.15, 0.2) is 0 Å². The molecule has 2 N–H and O–H groups in total. The zero-order valence-electron chi connectivity index (χ0n) is 15.9. The lowest BCUT2D eigenvalue weighted by Gasteiger charge is -2.12. The molecule has 0 aromatic heterocycles. The summed E-state index contributed by atoms with van der Waals surface area (Å²) < 4.78 is 60.7. The molecule has 0 heterocycles. The minimum absolute atomic E-state index is 0.0243. The molecule has 0 unspecified atom stereocenters. The monoisotopic (exact) mass is 466 g/mol. The van der Waals surface area contributed by atoms with Gasteiger partial charge in [-0.25, -0.2) is 16.8 Å². The van der Waals surface area contributed by atoms with Gasteiger partial charge in [-0.05, 0) is 67.6 Å². The van der Waals surface area contributed by atoms with Gasteiger partial charge in [0.1, 0.15) is 5.75 Å².